The number of carbonyl (C=O) groups excluding carboxylic acids is 1. The number of nitrogens with one attached hydrogen (secondary N) is 1. The van der Waals surface area contributed by atoms with Crippen molar-refractivity contribution in [2.75, 3.05) is 7.11 Å². The van der Waals surface area contributed by atoms with Crippen LogP contribution in [0.1, 0.15) is 39.2 Å². The van der Waals surface area contributed by atoms with Crippen molar-refractivity contribution in [2.45, 2.75) is 46.2 Å². The van der Waals surface area contributed by atoms with Crippen LogP contribution in [0.5, 0.6) is 5.88 Å². The second-order valence-corrected chi connectivity index (χ2v) is 6.21. The van der Waals surface area contributed by atoms with E-state index in [0.29, 0.717) is 18.8 Å². The maximum atomic E-state index is 11.8. The first kappa shape index (κ1) is 16.4. The number of amides is 1. The van der Waals surface area contributed by atoms with E-state index in [1.54, 1.807) is 19.4 Å². The quantitative estimate of drug-likeness (QED) is 0.833. The summed E-state index contributed by atoms with van der Waals surface area (Å²) in [5.41, 5.74) is 7.05. The number of hydrogen-bond acceptors (Lipinski definition) is 4. The van der Waals surface area contributed by atoms with E-state index in [4.69, 9.17) is 10.5 Å². The summed E-state index contributed by atoms with van der Waals surface area (Å²) in [5.74, 6) is 0.532. The summed E-state index contributed by atoms with van der Waals surface area (Å²) in [6.07, 6.45) is 2.86. The topological polar surface area (TPSA) is 77.2 Å². The molecule has 1 heterocycles. The highest BCUT2D eigenvalue weighted by Crippen LogP contribution is 2.20. The van der Waals surface area contributed by atoms with Crippen LogP contribution < -0.4 is 15.8 Å². The van der Waals surface area contributed by atoms with Crippen molar-refractivity contribution >= 4 is 5.91 Å². The number of ether oxygens (including phenoxy) is 1. The van der Waals surface area contributed by atoms with Crippen molar-refractivity contribution in [3.8, 4) is 5.88 Å². The molecule has 0 saturated carbocycles. The molecule has 0 bridgehead atoms. The van der Waals surface area contributed by atoms with Crippen LogP contribution in [0.3, 0.4) is 0 Å². The third kappa shape index (κ3) is 6.52. The number of nitrogens with zero attached hydrogens (tertiary/aromatic N) is 1. The highest BCUT2D eigenvalue weighted by atomic mass is 16.5. The number of hydrogen-bond donors (Lipinski definition) is 2. The van der Waals surface area contributed by atoms with Gasteiger partial charge in [0.05, 0.1) is 7.11 Å². The Morgan fingerprint density at radius 1 is 1.45 bits per heavy atom. The zero-order valence-corrected chi connectivity index (χ0v) is 12.8. The summed E-state index contributed by atoms with van der Waals surface area (Å²) in [6, 6.07) is 3.54. The number of carbonyl (C=O) groups is 1. The number of aromatic nitrogens is 1. The molecule has 5 nitrogen and oxygen atoms in total. The van der Waals surface area contributed by atoms with Crippen LogP contribution in [-0.2, 0) is 11.3 Å². The molecule has 1 unspecified atom stereocenters. The lowest BCUT2D eigenvalue weighted by Crippen LogP contribution is -2.34. The molecule has 1 amide bonds. The molecule has 0 aliphatic heterocycles. The van der Waals surface area contributed by atoms with Gasteiger partial charge in [0.1, 0.15) is 0 Å². The zero-order chi connectivity index (χ0) is 15.2. The van der Waals surface area contributed by atoms with Gasteiger partial charge in [-0.1, -0.05) is 26.8 Å². The fourth-order valence-electron chi connectivity index (χ4n) is 2.01. The predicted octanol–water partition coefficient (Wildman–Crippen LogP) is 1.86. The summed E-state index contributed by atoms with van der Waals surface area (Å²) >= 11 is 0. The van der Waals surface area contributed by atoms with Gasteiger partial charge in [0.25, 0.3) is 0 Å². The molecule has 0 aliphatic carbocycles. The van der Waals surface area contributed by atoms with Crippen molar-refractivity contribution in [3.63, 3.8) is 0 Å². The van der Waals surface area contributed by atoms with E-state index in [1.807, 2.05) is 6.07 Å². The maximum absolute atomic E-state index is 11.8. The Morgan fingerprint density at radius 2 is 2.15 bits per heavy atom. The molecule has 0 saturated heterocycles. The summed E-state index contributed by atoms with van der Waals surface area (Å²) < 4.78 is 4.98. The average Bonchev–Trinajstić information content (AvgIpc) is 2.34. The van der Waals surface area contributed by atoms with Gasteiger partial charge in [0.15, 0.2) is 0 Å². The minimum absolute atomic E-state index is 0.0300. The van der Waals surface area contributed by atoms with Gasteiger partial charge in [-0.25, -0.2) is 4.98 Å². The van der Waals surface area contributed by atoms with Crippen LogP contribution in [0, 0.1) is 5.41 Å². The first-order valence-corrected chi connectivity index (χ1v) is 6.81. The Labute approximate surface area is 120 Å². The number of rotatable bonds is 6. The summed E-state index contributed by atoms with van der Waals surface area (Å²) in [7, 11) is 1.57. The van der Waals surface area contributed by atoms with Crippen molar-refractivity contribution in [3.05, 3.63) is 23.9 Å². The largest absolute Gasteiger partial charge is 0.481 e. The first-order chi connectivity index (χ1) is 9.30. The summed E-state index contributed by atoms with van der Waals surface area (Å²) in [5, 5.41) is 2.85. The molecule has 1 aromatic rings. The normalized spacial score (nSPS) is 12.8. The molecule has 0 fully saturated rings. The van der Waals surface area contributed by atoms with E-state index < -0.39 is 0 Å². The highest BCUT2D eigenvalue weighted by molar-refractivity contribution is 5.76. The van der Waals surface area contributed by atoms with Gasteiger partial charge < -0.3 is 15.8 Å². The molecule has 0 radical (unpaired) electrons. The standard InChI is InChI=1S/C15H25N3O2/c1-15(2,3)8-12(16)7-13(19)17-9-11-5-6-14(20-4)18-10-11/h5-6,10,12H,7-9,16H2,1-4H3,(H,17,19). The average molecular weight is 279 g/mol. The summed E-state index contributed by atoms with van der Waals surface area (Å²) in [6.45, 7) is 6.81. The van der Waals surface area contributed by atoms with E-state index in [0.717, 1.165) is 12.0 Å². The van der Waals surface area contributed by atoms with Crippen LogP contribution in [-0.4, -0.2) is 24.0 Å². The van der Waals surface area contributed by atoms with Crippen molar-refractivity contribution in [2.24, 2.45) is 11.1 Å². The van der Waals surface area contributed by atoms with Gasteiger partial charge in [0, 0.05) is 31.3 Å². The van der Waals surface area contributed by atoms with Gasteiger partial charge >= 0.3 is 0 Å². The number of pyridine rings is 1. The van der Waals surface area contributed by atoms with Crippen molar-refractivity contribution < 1.29 is 9.53 Å². The van der Waals surface area contributed by atoms with Gasteiger partial charge in [-0.3, -0.25) is 4.79 Å². The second kappa shape index (κ2) is 7.24. The molecule has 1 atom stereocenters. The SMILES string of the molecule is COc1ccc(CNC(=O)CC(N)CC(C)(C)C)cn1. The highest BCUT2D eigenvalue weighted by Gasteiger charge is 2.17. The van der Waals surface area contributed by atoms with Crippen LogP contribution in [0.15, 0.2) is 18.3 Å². The maximum Gasteiger partial charge on any atom is 0.221 e. The Balaban J connectivity index is 2.35. The molecule has 20 heavy (non-hydrogen) atoms. The third-order valence-corrected chi connectivity index (χ3v) is 2.82. The van der Waals surface area contributed by atoms with E-state index >= 15 is 0 Å². The van der Waals surface area contributed by atoms with Crippen molar-refractivity contribution in [1.82, 2.24) is 10.3 Å². The lowest BCUT2D eigenvalue weighted by molar-refractivity contribution is -0.121. The number of nitrogens with two attached hydrogens (primary N) is 1. The third-order valence-electron chi connectivity index (χ3n) is 2.82. The minimum Gasteiger partial charge on any atom is -0.481 e. The number of methoxy groups -OCH3 is 1. The Bertz CT molecular complexity index is 424. The fraction of sp³-hybridized carbons (Fsp3) is 0.600. The molecule has 1 aromatic heterocycles. The van der Waals surface area contributed by atoms with Gasteiger partial charge in [-0.05, 0) is 17.4 Å². The van der Waals surface area contributed by atoms with Crippen LogP contribution in [0.25, 0.3) is 0 Å². The second-order valence-electron chi connectivity index (χ2n) is 6.21. The summed E-state index contributed by atoms with van der Waals surface area (Å²) in [4.78, 5) is 15.9. The van der Waals surface area contributed by atoms with Crippen LogP contribution in [0.4, 0.5) is 0 Å². The van der Waals surface area contributed by atoms with Gasteiger partial charge in [-0.2, -0.15) is 0 Å². The van der Waals surface area contributed by atoms with Crippen molar-refractivity contribution in [1.29, 1.82) is 0 Å². The molecule has 0 spiro atoms. The molecule has 112 valence electrons. The molecule has 3 N–H and O–H groups in total. The predicted molar refractivity (Wildman–Crippen MR) is 79.3 cm³/mol. The fourth-order valence-corrected chi connectivity index (χ4v) is 2.01. The van der Waals surface area contributed by atoms with E-state index in [2.05, 4.69) is 31.1 Å². The van der Waals surface area contributed by atoms with E-state index in [9.17, 15) is 4.79 Å². The van der Waals surface area contributed by atoms with Gasteiger partial charge in [0.2, 0.25) is 11.8 Å². The minimum atomic E-state index is -0.107. The van der Waals surface area contributed by atoms with Crippen LogP contribution in [0.2, 0.25) is 0 Å². The molecule has 0 aliphatic rings. The van der Waals surface area contributed by atoms with E-state index in [1.165, 1.54) is 0 Å². The van der Waals surface area contributed by atoms with E-state index in [-0.39, 0.29) is 17.4 Å². The zero-order valence-electron chi connectivity index (χ0n) is 12.8. The molecule has 5 heteroatoms. The molecule has 1 rings (SSSR count). The molecule has 0 aromatic carbocycles. The molecular weight excluding hydrogens is 254 g/mol. The Morgan fingerprint density at radius 3 is 2.65 bits per heavy atom. The lowest BCUT2D eigenvalue weighted by Gasteiger charge is -2.22. The Hall–Kier alpha value is -1.62. The monoisotopic (exact) mass is 279 g/mol. The molecular formula is C15H25N3O2. The lowest BCUT2D eigenvalue weighted by atomic mass is 9.87. The first-order valence-electron chi connectivity index (χ1n) is 6.81. The van der Waals surface area contributed by atoms with Crippen LogP contribution >= 0.6 is 0 Å². The Kier molecular flexibility index (Phi) is 5.95. The smallest absolute Gasteiger partial charge is 0.221 e. The van der Waals surface area contributed by atoms with Gasteiger partial charge in [-0.15, -0.1) is 0 Å².